The maximum Gasteiger partial charge on any atom is 0.410 e. The van der Waals surface area contributed by atoms with Crippen LogP contribution in [-0.4, -0.2) is 49.7 Å². The van der Waals surface area contributed by atoms with E-state index in [2.05, 4.69) is 34.7 Å². The van der Waals surface area contributed by atoms with E-state index in [0.29, 0.717) is 18.7 Å². The molecule has 0 bridgehead atoms. The highest BCUT2D eigenvalue weighted by molar-refractivity contribution is 9.10. The summed E-state index contributed by atoms with van der Waals surface area (Å²) in [5, 5.41) is 0. The molecule has 6 nitrogen and oxygen atoms in total. The van der Waals surface area contributed by atoms with Crippen LogP contribution in [0.2, 0.25) is 0 Å². The third-order valence-electron chi connectivity index (χ3n) is 6.16. The van der Waals surface area contributed by atoms with Crippen molar-refractivity contribution in [1.82, 2.24) is 4.90 Å². The first-order valence-electron chi connectivity index (χ1n) is 10.4. The van der Waals surface area contributed by atoms with Crippen molar-refractivity contribution >= 4 is 33.7 Å². The topological polar surface area (TPSA) is 59.1 Å². The van der Waals surface area contributed by atoms with Gasteiger partial charge in [-0.25, -0.2) is 9.59 Å². The third-order valence-corrected chi connectivity index (χ3v) is 6.82. The summed E-state index contributed by atoms with van der Waals surface area (Å²) >= 11 is 3.52. The SMILES string of the molecule is COC(=O)c1cc2c(cc1Br)C(C)(C)CN2C1CCN(C(=O)OCc2ccccc2)C1. The van der Waals surface area contributed by atoms with E-state index in [1.54, 1.807) is 4.90 Å². The number of nitrogens with zero attached hydrogens (tertiary/aromatic N) is 2. The van der Waals surface area contributed by atoms with Gasteiger partial charge in [0.2, 0.25) is 0 Å². The van der Waals surface area contributed by atoms with Gasteiger partial charge in [-0.1, -0.05) is 44.2 Å². The minimum atomic E-state index is -0.364. The summed E-state index contributed by atoms with van der Waals surface area (Å²) in [6, 6.07) is 13.8. The maximum atomic E-state index is 12.6. The lowest BCUT2D eigenvalue weighted by Gasteiger charge is -2.29. The van der Waals surface area contributed by atoms with Gasteiger partial charge in [-0.2, -0.15) is 0 Å². The van der Waals surface area contributed by atoms with Crippen molar-refractivity contribution in [2.75, 3.05) is 31.6 Å². The fourth-order valence-corrected chi connectivity index (χ4v) is 5.01. The van der Waals surface area contributed by atoms with Crippen molar-refractivity contribution in [3.05, 3.63) is 63.6 Å². The van der Waals surface area contributed by atoms with E-state index in [4.69, 9.17) is 9.47 Å². The molecular weight excluding hydrogens is 460 g/mol. The lowest BCUT2D eigenvalue weighted by atomic mass is 9.86. The predicted octanol–water partition coefficient (Wildman–Crippen LogP) is 4.74. The zero-order valence-corrected chi connectivity index (χ0v) is 19.6. The number of benzene rings is 2. The van der Waals surface area contributed by atoms with Crippen molar-refractivity contribution < 1.29 is 19.1 Å². The zero-order chi connectivity index (χ0) is 22.2. The standard InChI is InChI=1S/C24H27BrN2O4/c1-24(2)15-27(21-11-18(22(28)30-3)20(25)12-19(21)24)17-9-10-26(13-17)23(29)31-14-16-7-5-4-6-8-16/h4-8,11-12,17H,9-10,13-15H2,1-3H3. The predicted molar refractivity (Wildman–Crippen MR) is 122 cm³/mol. The first-order valence-corrected chi connectivity index (χ1v) is 11.2. The molecule has 1 unspecified atom stereocenters. The number of carbonyl (C=O) groups excluding carboxylic acids is 2. The molecule has 0 aromatic heterocycles. The van der Waals surface area contributed by atoms with Crippen LogP contribution in [0.4, 0.5) is 10.5 Å². The number of likely N-dealkylation sites (tertiary alicyclic amines) is 1. The summed E-state index contributed by atoms with van der Waals surface area (Å²) in [6.07, 6.45) is 0.579. The molecule has 1 atom stereocenters. The van der Waals surface area contributed by atoms with Crippen LogP contribution in [0.25, 0.3) is 0 Å². The van der Waals surface area contributed by atoms with E-state index in [0.717, 1.165) is 28.7 Å². The van der Waals surface area contributed by atoms with Gasteiger partial charge < -0.3 is 19.3 Å². The van der Waals surface area contributed by atoms with Crippen LogP contribution in [0.5, 0.6) is 0 Å². The Morgan fingerprint density at radius 2 is 1.94 bits per heavy atom. The van der Waals surface area contributed by atoms with Crippen LogP contribution in [0.3, 0.4) is 0 Å². The summed E-state index contributed by atoms with van der Waals surface area (Å²) in [6.45, 7) is 6.78. The van der Waals surface area contributed by atoms with Crippen molar-refractivity contribution in [1.29, 1.82) is 0 Å². The largest absolute Gasteiger partial charge is 0.465 e. The highest BCUT2D eigenvalue weighted by Crippen LogP contribution is 2.45. The molecule has 7 heteroatoms. The second kappa shape index (κ2) is 8.54. The molecule has 4 rings (SSSR count). The van der Waals surface area contributed by atoms with Gasteiger partial charge in [0.25, 0.3) is 0 Å². The number of esters is 1. The Labute approximate surface area is 191 Å². The summed E-state index contributed by atoms with van der Waals surface area (Å²) in [4.78, 5) is 28.9. The Balaban J connectivity index is 1.49. The Morgan fingerprint density at radius 1 is 1.19 bits per heavy atom. The van der Waals surface area contributed by atoms with Crippen LogP contribution in [0.1, 0.15) is 41.8 Å². The van der Waals surface area contributed by atoms with E-state index in [1.807, 2.05) is 42.5 Å². The second-order valence-electron chi connectivity index (χ2n) is 8.78. The first-order chi connectivity index (χ1) is 14.8. The van der Waals surface area contributed by atoms with Gasteiger partial charge in [0.05, 0.1) is 12.7 Å². The number of carbonyl (C=O) groups is 2. The Kier molecular flexibility index (Phi) is 5.97. The molecule has 1 saturated heterocycles. The minimum Gasteiger partial charge on any atom is -0.465 e. The number of methoxy groups -OCH3 is 1. The lowest BCUT2D eigenvalue weighted by molar-refractivity contribution is 0.0599. The Morgan fingerprint density at radius 3 is 2.65 bits per heavy atom. The summed E-state index contributed by atoms with van der Waals surface area (Å²) in [5.41, 5.74) is 3.66. The number of rotatable bonds is 4. The molecule has 0 N–H and O–H groups in total. The van der Waals surface area contributed by atoms with E-state index in [-0.39, 0.29) is 30.1 Å². The van der Waals surface area contributed by atoms with E-state index < -0.39 is 0 Å². The molecule has 1 amide bonds. The molecule has 0 spiro atoms. The molecule has 31 heavy (non-hydrogen) atoms. The Bertz CT molecular complexity index is 993. The molecule has 2 aliphatic rings. The highest BCUT2D eigenvalue weighted by Gasteiger charge is 2.42. The normalized spacial score (nSPS) is 19.3. The average Bonchev–Trinajstić information content (AvgIpc) is 3.35. The van der Waals surface area contributed by atoms with Gasteiger partial charge in [0.15, 0.2) is 0 Å². The van der Waals surface area contributed by atoms with E-state index >= 15 is 0 Å². The fraction of sp³-hybridized carbons (Fsp3) is 0.417. The fourth-order valence-electron chi connectivity index (χ4n) is 4.50. The van der Waals surface area contributed by atoms with Crippen molar-refractivity contribution in [3.8, 4) is 0 Å². The number of fused-ring (bicyclic) bond motifs is 1. The molecule has 2 aromatic rings. The van der Waals surface area contributed by atoms with Crippen LogP contribution in [-0.2, 0) is 21.5 Å². The van der Waals surface area contributed by atoms with Crippen molar-refractivity contribution in [2.45, 2.75) is 38.3 Å². The van der Waals surface area contributed by atoms with Gasteiger partial charge in [0.1, 0.15) is 6.61 Å². The highest BCUT2D eigenvalue weighted by atomic mass is 79.9. The van der Waals surface area contributed by atoms with Gasteiger partial charge in [0, 0.05) is 41.3 Å². The molecule has 0 saturated carbocycles. The number of hydrogen-bond donors (Lipinski definition) is 0. The molecule has 1 fully saturated rings. The Hall–Kier alpha value is -2.54. The van der Waals surface area contributed by atoms with Gasteiger partial charge in [-0.3, -0.25) is 0 Å². The smallest absolute Gasteiger partial charge is 0.410 e. The molecule has 0 radical (unpaired) electrons. The number of ether oxygens (including phenoxy) is 2. The monoisotopic (exact) mass is 486 g/mol. The van der Waals surface area contributed by atoms with Crippen molar-refractivity contribution in [3.63, 3.8) is 0 Å². The second-order valence-corrected chi connectivity index (χ2v) is 9.64. The van der Waals surface area contributed by atoms with Crippen molar-refractivity contribution in [2.24, 2.45) is 0 Å². The summed E-state index contributed by atoms with van der Waals surface area (Å²) in [5.74, 6) is -0.364. The minimum absolute atomic E-state index is 0.0618. The number of hydrogen-bond acceptors (Lipinski definition) is 5. The molecule has 0 aliphatic carbocycles. The van der Waals surface area contributed by atoms with E-state index in [9.17, 15) is 9.59 Å². The van der Waals surface area contributed by atoms with Gasteiger partial charge in [-0.15, -0.1) is 0 Å². The molecule has 2 aromatic carbocycles. The number of amides is 1. The summed E-state index contributed by atoms with van der Waals surface area (Å²) in [7, 11) is 1.39. The van der Waals surface area contributed by atoms with Crippen LogP contribution in [0, 0.1) is 0 Å². The van der Waals surface area contributed by atoms with Crippen LogP contribution < -0.4 is 4.90 Å². The molecule has 2 heterocycles. The van der Waals surface area contributed by atoms with Crippen LogP contribution in [0.15, 0.2) is 46.9 Å². The molecule has 2 aliphatic heterocycles. The van der Waals surface area contributed by atoms with Gasteiger partial charge >= 0.3 is 12.1 Å². The van der Waals surface area contributed by atoms with E-state index in [1.165, 1.54) is 12.7 Å². The van der Waals surface area contributed by atoms with Gasteiger partial charge in [-0.05, 0) is 45.6 Å². The lowest BCUT2D eigenvalue weighted by Crippen LogP contribution is -2.40. The molecule has 164 valence electrons. The third kappa shape index (κ3) is 4.28. The summed E-state index contributed by atoms with van der Waals surface area (Å²) < 4.78 is 11.2. The van der Waals surface area contributed by atoms with Crippen LogP contribution >= 0.6 is 15.9 Å². The first kappa shape index (κ1) is 21.7. The zero-order valence-electron chi connectivity index (χ0n) is 18.1. The number of halogens is 1. The quantitative estimate of drug-likeness (QED) is 0.583. The number of anilines is 1. The average molecular weight is 487 g/mol. The maximum absolute atomic E-state index is 12.6. The molecular formula is C24H27BrN2O4.